The highest BCUT2D eigenvalue weighted by atomic mass is 32.2. The molecule has 0 spiro atoms. The van der Waals surface area contributed by atoms with Crippen LogP contribution in [0.2, 0.25) is 0 Å². The fourth-order valence-corrected chi connectivity index (χ4v) is 3.80. The molecule has 3 heterocycles. The molecule has 0 aliphatic rings. The number of nitrogens with zero attached hydrogens (tertiary/aromatic N) is 3. The molecular formula is C21H18N4O6S. The Kier molecular flexibility index (Phi) is 6.10. The molecule has 0 unspecified atom stereocenters. The predicted octanol–water partition coefficient (Wildman–Crippen LogP) is 2.87. The van der Waals surface area contributed by atoms with Crippen LogP contribution in [0.3, 0.4) is 0 Å². The molecule has 4 rings (SSSR count). The summed E-state index contributed by atoms with van der Waals surface area (Å²) in [4.78, 5) is 20.7. The zero-order chi connectivity index (χ0) is 22.6. The lowest BCUT2D eigenvalue weighted by molar-refractivity contribution is 0.0428. The minimum Gasteiger partial charge on any atom is -0.468 e. The van der Waals surface area contributed by atoms with Crippen molar-refractivity contribution < 1.29 is 26.9 Å². The lowest BCUT2D eigenvalue weighted by Crippen LogP contribution is -2.23. The monoisotopic (exact) mass is 454 g/mol. The van der Waals surface area contributed by atoms with Crippen molar-refractivity contribution in [2.45, 2.75) is 25.0 Å². The Morgan fingerprint density at radius 3 is 2.81 bits per heavy atom. The van der Waals surface area contributed by atoms with Gasteiger partial charge in [0.15, 0.2) is 6.61 Å². The van der Waals surface area contributed by atoms with E-state index >= 15 is 0 Å². The van der Waals surface area contributed by atoms with E-state index in [2.05, 4.69) is 19.8 Å². The summed E-state index contributed by atoms with van der Waals surface area (Å²) >= 11 is 0. The number of sulfonamides is 1. The van der Waals surface area contributed by atoms with Crippen molar-refractivity contribution in [1.29, 1.82) is 0 Å². The molecule has 3 aromatic heterocycles. The number of carbonyl (C=O) groups is 1. The summed E-state index contributed by atoms with van der Waals surface area (Å²) in [5.74, 6) is 0.159. The van der Waals surface area contributed by atoms with E-state index in [1.807, 2.05) is 0 Å². The summed E-state index contributed by atoms with van der Waals surface area (Å²) in [6.07, 6.45) is 4.65. The quantitative estimate of drug-likeness (QED) is 0.398. The third kappa shape index (κ3) is 4.90. The van der Waals surface area contributed by atoms with Gasteiger partial charge in [-0.3, -0.25) is 4.98 Å². The van der Waals surface area contributed by atoms with Crippen LogP contribution in [0.5, 0.6) is 0 Å². The molecule has 0 amide bonds. The van der Waals surface area contributed by atoms with Crippen molar-refractivity contribution >= 4 is 16.0 Å². The minimum absolute atomic E-state index is 0.0145. The summed E-state index contributed by atoms with van der Waals surface area (Å²) in [7, 11) is -3.87. The van der Waals surface area contributed by atoms with Gasteiger partial charge in [-0.2, -0.15) is 4.98 Å². The second kappa shape index (κ2) is 9.12. The van der Waals surface area contributed by atoms with Crippen LogP contribution in [0.1, 0.15) is 27.6 Å². The van der Waals surface area contributed by atoms with E-state index in [4.69, 9.17) is 13.7 Å². The third-order valence-corrected chi connectivity index (χ3v) is 5.87. The first-order valence-electron chi connectivity index (χ1n) is 9.45. The molecule has 0 radical (unpaired) electrons. The number of pyridine rings is 1. The number of benzene rings is 1. The summed E-state index contributed by atoms with van der Waals surface area (Å²) in [5, 5.41) is 3.83. The molecule has 0 saturated carbocycles. The molecular weight excluding hydrogens is 436 g/mol. The standard InChI is InChI=1S/C21H18N4O6S/c1-14-6-7-17(32(27,28)23-12-16-5-3-9-29-16)10-18(14)21(26)30-13-19-24-20(25-31-19)15-4-2-8-22-11-15/h2-11,23H,12-13H2,1H3. The van der Waals surface area contributed by atoms with Gasteiger partial charge >= 0.3 is 5.97 Å². The number of aryl methyl sites for hydroxylation is 1. The zero-order valence-corrected chi connectivity index (χ0v) is 17.7. The normalized spacial score (nSPS) is 11.4. The van der Waals surface area contributed by atoms with Gasteiger partial charge < -0.3 is 13.7 Å². The molecule has 0 bridgehead atoms. The Balaban J connectivity index is 1.44. The van der Waals surface area contributed by atoms with Gasteiger partial charge in [-0.1, -0.05) is 11.2 Å². The maximum absolute atomic E-state index is 12.6. The van der Waals surface area contributed by atoms with E-state index < -0.39 is 16.0 Å². The highest BCUT2D eigenvalue weighted by Gasteiger charge is 2.20. The Morgan fingerprint density at radius 2 is 2.06 bits per heavy atom. The number of aromatic nitrogens is 3. The molecule has 32 heavy (non-hydrogen) atoms. The van der Waals surface area contributed by atoms with E-state index in [1.54, 1.807) is 43.6 Å². The maximum atomic E-state index is 12.6. The largest absolute Gasteiger partial charge is 0.468 e. The van der Waals surface area contributed by atoms with Crippen LogP contribution in [-0.2, 0) is 27.9 Å². The molecule has 10 nitrogen and oxygen atoms in total. The van der Waals surface area contributed by atoms with Crippen LogP contribution in [0.15, 0.2) is 75.0 Å². The summed E-state index contributed by atoms with van der Waals surface area (Å²) in [6.45, 7) is 1.40. The number of hydrogen-bond donors (Lipinski definition) is 1. The fourth-order valence-electron chi connectivity index (χ4n) is 2.78. The summed E-state index contributed by atoms with van der Waals surface area (Å²) < 4.78 is 43.1. The molecule has 1 aromatic carbocycles. The Morgan fingerprint density at radius 1 is 1.19 bits per heavy atom. The van der Waals surface area contributed by atoms with Crippen molar-refractivity contribution in [1.82, 2.24) is 19.8 Å². The van der Waals surface area contributed by atoms with Crippen molar-refractivity contribution in [2.24, 2.45) is 0 Å². The number of carbonyl (C=O) groups excluding carboxylic acids is 1. The molecule has 11 heteroatoms. The van der Waals surface area contributed by atoms with Crippen molar-refractivity contribution in [2.75, 3.05) is 0 Å². The van der Waals surface area contributed by atoms with Gasteiger partial charge in [0.05, 0.1) is 23.3 Å². The average Bonchev–Trinajstić information content (AvgIpc) is 3.49. The Labute approximate surface area is 183 Å². The van der Waals surface area contributed by atoms with E-state index in [0.29, 0.717) is 22.7 Å². The van der Waals surface area contributed by atoms with Gasteiger partial charge in [-0.25, -0.2) is 17.9 Å². The Hall–Kier alpha value is -3.83. The van der Waals surface area contributed by atoms with Crippen molar-refractivity contribution in [3.8, 4) is 11.4 Å². The topological polar surface area (TPSA) is 137 Å². The molecule has 0 aliphatic heterocycles. The first-order chi connectivity index (χ1) is 15.4. The number of nitrogens with one attached hydrogen (secondary N) is 1. The van der Waals surface area contributed by atoms with Gasteiger partial charge in [0.25, 0.3) is 5.89 Å². The predicted molar refractivity (Wildman–Crippen MR) is 111 cm³/mol. The number of esters is 1. The SMILES string of the molecule is Cc1ccc(S(=O)(=O)NCc2ccco2)cc1C(=O)OCc1nc(-c2cccnc2)no1. The van der Waals surface area contributed by atoms with E-state index in [0.717, 1.165) is 0 Å². The zero-order valence-electron chi connectivity index (χ0n) is 16.9. The summed E-state index contributed by atoms with van der Waals surface area (Å²) in [5.41, 5.74) is 1.32. The molecule has 0 atom stereocenters. The highest BCUT2D eigenvalue weighted by Crippen LogP contribution is 2.19. The van der Waals surface area contributed by atoms with Crippen molar-refractivity contribution in [3.63, 3.8) is 0 Å². The smallest absolute Gasteiger partial charge is 0.338 e. The number of ether oxygens (including phenoxy) is 1. The van der Waals surface area contributed by atoms with Crippen LogP contribution >= 0.6 is 0 Å². The van der Waals surface area contributed by atoms with E-state index in [-0.39, 0.29) is 29.5 Å². The van der Waals surface area contributed by atoms with Gasteiger partial charge in [0.1, 0.15) is 5.76 Å². The number of hydrogen-bond acceptors (Lipinski definition) is 9. The van der Waals surface area contributed by atoms with Crippen molar-refractivity contribution in [3.05, 3.63) is 83.9 Å². The van der Waals surface area contributed by atoms with Gasteiger partial charge in [-0.15, -0.1) is 0 Å². The first kappa shape index (κ1) is 21.4. The highest BCUT2D eigenvalue weighted by molar-refractivity contribution is 7.89. The molecule has 0 saturated heterocycles. The van der Waals surface area contributed by atoms with Crippen LogP contribution in [-0.4, -0.2) is 29.5 Å². The van der Waals surface area contributed by atoms with E-state index in [1.165, 1.54) is 24.5 Å². The molecule has 0 aliphatic carbocycles. The fraction of sp³-hybridized carbons (Fsp3) is 0.143. The first-order valence-corrected chi connectivity index (χ1v) is 10.9. The lowest BCUT2D eigenvalue weighted by atomic mass is 10.1. The van der Waals surface area contributed by atoms with Crippen LogP contribution in [0, 0.1) is 6.92 Å². The van der Waals surface area contributed by atoms with Gasteiger partial charge in [-0.05, 0) is 48.9 Å². The van der Waals surface area contributed by atoms with Crippen LogP contribution < -0.4 is 4.72 Å². The second-order valence-corrected chi connectivity index (χ2v) is 8.48. The summed E-state index contributed by atoms with van der Waals surface area (Å²) in [6, 6.07) is 11.0. The van der Waals surface area contributed by atoms with Crippen LogP contribution in [0.4, 0.5) is 0 Å². The molecule has 1 N–H and O–H groups in total. The number of rotatable bonds is 8. The number of furan rings is 1. The van der Waals surface area contributed by atoms with Gasteiger partial charge in [0.2, 0.25) is 15.8 Å². The molecule has 4 aromatic rings. The van der Waals surface area contributed by atoms with Crippen LogP contribution in [0.25, 0.3) is 11.4 Å². The lowest BCUT2D eigenvalue weighted by Gasteiger charge is -2.10. The van der Waals surface area contributed by atoms with Gasteiger partial charge in [0, 0.05) is 18.0 Å². The van der Waals surface area contributed by atoms with E-state index in [9.17, 15) is 13.2 Å². The molecule has 164 valence electrons. The Bertz CT molecular complexity index is 1320. The third-order valence-electron chi connectivity index (χ3n) is 4.47. The second-order valence-electron chi connectivity index (χ2n) is 6.71. The minimum atomic E-state index is -3.87. The maximum Gasteiger partial charge on any atom is 0.338 e. The molecule has 0 fully saturated rings. The average molecular weight is 454 g/mol.